The maximum absolute atomic E-state index is 2.97. The summed E-state index contributed by atoms with van der Waals surface area (Å²) in [5.74, 6) is 0. The fraction of sp³-hybridized carbons (Fsp3) is 0.111. The number of hydrazine groups is 2. The maximum Gasteiger partial charge on any atom is 0.0592 e. The van der Waals surface area contributed by atoms with Crippen molar-refractivity contribution in [1.29, 1.82) is 0 Å². The molecule has 0 aliphatic carbocycles. The lowest BCUT2D eigenvalue weighted by Crippen LogP contribution is -2.35. The fourth-order valence-electron chi connectivity index (χ4n) is 1.18. The van der Waals surface area contributed by atoms with E-state index >= 15 is 0 Å². The van der Waals surface area contributed by atoms with Gasteiger partial charge in [-0.05, 0) is 24.6 Å². The predicted octanol–water partition coefficient (Wildman–Crippen LogP) is 1.30. The second kappa shape index (κ2) is 2.87. The molecule has 1 aromatic carbocycles. The van der Waals surface area contributed by atoms with Gasteiger partial charge in [-0.15, -0.1) is 5.53 Å². The van der Waals surface area contributed by atoms with E-state index in [0.717, 1.165) is 5.69 Å². The van der Waals surface area contributed by atoms with Gasteiger partial charge in [0.25, 0.3) is 0 Å². The molecule has 0 aromatic heterocycles. The lowest BCUT2D eigenvalue weighted by atomic mass is 10.2. The van der Waals surface area contributed by atoms with E-state index in [1.54, 1.807) is 0 Å². The van der Waals surface area contributed by atoms with Gasteiger partial charge in [0.05, 0.1) is 5.69 Å². The number of anilines is 1. The first-order valence-corrected chi connectivity index (χ1v) is 3.90. The van der Waals surface area contributed by atoms with E-state index in [2.05, 4.69) is 36.1 Å². The van der Waals surface area contributed by atoms with Crippen LogP contribution >= 0.6 is 0 Å². The lowest BCUT2D eigenvalue weighted by Gasteiger charge is -2.15. The Hall–Kier alpha value is -1.48. The molecule has 0 unspecified atom stereocenters. The maximum atomic E-state index is 2.97. The van der Waals surface area contributed by atoms with Crippen molar-refractivity contribution in [3.63, 3.8) is 0 Å². The molecule has 3 heteroatoms. The number of rotatable bonds is 1. The summed E-state index contributed by atoms with van der Waals surface area (Å²) in [7, 11) is 0. The molecule has 0 radical (unpaired) electrons. The fourth-order valence-corrected chi connectivity index (χ4v) is 1.18. The first-order valence-electron chi connectivity index (χ1n) is 3.90. The second-order valence-corrected chi connectivity index (χ2v) is 2.78. The molecular weight excluding hydrogens is 150 g/mol. The molecule has 0 bridgehead atoms. The van der Waals surface area contributed by atoms with E-state index in [1.165, 1.54) is 5.56 Å². The van der Waals surface area contributed by atoms with Gasteiger partial charge in [-0.2, -0.15) is 0 Å². The van der Waals surface area contributed by atoms with Crippen LogP contribution in [0.5, 0.6) is 0 Å². The summed E-state index contributed by atoms with van der Waals surface area (Å²) in [6.45, 7) is 2.08. The molecule has 3 nitrogen and oxygen atoms in total. The van der Waals surface area contributed by atoms with Gasteiger partial charge in [0, 0.05) is 12.4 Å². The highest BCUT2D eigenvalue weighted by Crippen LogP contribution is 2.14. The Bertz CT molecular complexity index is 306. The highest BCUT2D eigenvalue weighted by atomic mass is 15.7. The molecule has 0 saturated carbocycles. The van der Waals surface area contributed by atoms with Crippen LogP contribution in [-0.2, 0) is 0 Å². The smallest absolute Gasteiger partial charge is 0.0592 e. The lowest BCUT2D eigenvalue weighted by molar-refractivity contribution is 0.680. The first-order chi connectivity index (χ1) is 5.86. The van der Waals surface area contributed by atoms with E-state index in [-0.39, 0.29) is 0 Å². The Morgan fingerprint density at radius 1 is 1.33 bits per heavy atom. The van der Waals surface area contributed by atoms with Gasteiger partial charge in [0.1, 0.15) is 0 Å². The molecule has 1 aromatic rings. The topological polar surface area (TPSA) is 27.3 Å². The van der Waals surface area contributed by atoms with Crippen molar-refractivity contribution >= 4 is 5.69 Å². The van der Waals surface area contributed by atoms with E-state index in [1.807, 2.05) is 23.5 Å². The van der Waals surface area contributed by atoms with Crippen LogP contribution < -0.4 is 16.0 Å². The van der Waals surface area contributed by atoms with Crippen molar-refractivity contribution < 1.29 is 0 Å². The monoisotopic (exact) mass is 161 g/mol. The van der Waals surface area contributed by atoms with E-state index in [4.69, 9.17) is 0 Å². The van der Waals surface area contributed by atoms with Crippen molar-refractivity contribution in [3.8, 4) is 0 Å². The summed E-state index contributed by atoms with van der Waals surface area (Å²) in [6.07, 6.45) is 3.79. The SMILES string of the molecule is Cc1cccc(N2C=CNN2)c1. The van der Waals surface area contributed by atoms with Crippen LogP contribution in [-0.4, -0.2) is 0 Å². The van der Waals surface area contributed by atoms with E-state index in [9.17, 15) is 0 Å². The Labute approximate surface area is 71.6 Å². The van der Waals surface area contributed by atoms with Gasteiger partial charge in [-0.3, -0.25) is 5.01 Å². The average Bonchev–Trinajstić information content (AvgIpc) is 2.56. The molecular formula is C9H11N3. The summed E-state index contributed by atoms with van der Waals surface area (Å²) in [6, 6.07) is 8.29. The van der Waals surface area contributed by atoms with Gasteiger partial charge in [0.15, 0.2) is 0 Å². The van der Waals surface area contributed by atoms with E-state index in [0.29, 0.717) is 0 Å². The summed E-state index contributed by atoms with van der Waals surface area (Å²) in [5, 5.41) is 1.92. The number of nitrogens with one attached hydrogen (secondary N) is 2. The Kier molecular flexibility index (Phi) is 1.72. The highest BCUT2D eigenvalue weighted by Gasteiger charge is 2.04. The summed E-state index contributed by atoms with van der Waals surface area (Å²) < 4.78 is 0. The molecule has 2 N–H and O–H groups in total. The van der Waals surface area contributed by atoms with Crippen molar-refractivity contribution in [2.24, 2.45) is 0 Å². The molecule has 1 aliphatic heterocycles. The van der Waals surface area contributed by atoms with Crippen LogP contribution in [0.25, 0.3) is 0 Å². The third-order valence-corrected chi connectivity index (χ3v) is 1.77. The summed E-state index contributed by atoms with van der Waals surface area (Å²) >= 11 is 0. The number of benzene rings is 1. The van der Waals surface area contributed by atoms with Gasteiger partial charge < -0.3 is 5.43 Å². The van der Waals surface area contributed by atoms with Crippen LogP contribution in [0.4, 0.5) is 5.69 Å². The molecule has 0 atom stereocenters. The highest BCUT2D eigenvalue weighted by molar-refractivity contribution is 5.50. The zero-order valence-electron chi connectivity index (χ0n) is 6.91. The van der Waals surface area contributed by atoms with Crippen LogP contribution in [0, 0.1) is 6.92 Å². The molecule has 12 heavy (non-hydrogen) atoms. The molecule has 0 saturated heterocycles. The minimum Gasteiger partial charge on any atom is -0.309 e. The van der Waals surface area contributed by atoms with Gasteiger partial charge in [-0.25, -0.2) is 0 Å². The molecule has 0 spiro atoms. The third kappa shape index (κ3) is 1.26. The third-order valence-electron chi connectivity index (χ3n) is 1.77. The average molecular weight is 161 g/mol. The molecule has 62 valence electrons. The quantitative estimate of drug-likeness (QED) is 0.650. The van der Waals surface area contributed by atoms with E-state index < -0.39 is 0 Å². The number of hydrogen-bond donors (Lipinski definition) is 2. The van der Waals surface area contributed by atoms with Gasteiger partial charge in [0.2, 0.25) is 0 Å². The standard InChI is InChI=1S/C9H11N3/c1-8-3-2-4-9(7-8)12-6-5-10-11-12/h2-7,10-11H,1H3. The number of aryl methyl sites for hydroxylation is 1. The predicted molar refractivity (Wildman–Crippen MR) is 49.1 cm³/mol. The van der Waals surface area contributed by atoms with Crippen molar-refractivity contribution in [2.75, 3.05) is 5.01 Å². The Morgan fingerprint density at radius 2 is 2.25 bits per heavy atom. The van der Waals surface area contributed by atoms with Crippen LogP contribution in [0.3, 0.4) is 0 Å². The number of hydrogen-bond acceptors (Lipinski definition) is 3. The second-order valence-electron chi connectivity index (χ2n) is 2.78. The van der Waals surface area contributed by atoms with Crippen molar-refractivity contribution in [1.82, 2.24) is 11.0 Å². The van der Waals surface area contributed by atoms with Gasteiger partial charge in [-0.1, -0.05) is 12.1 Å². The normalized spacial score (nSPS) is 14.9. The van der Waals surface area contributed by atoms with Crippen LogP contribution in [0.1, 0.15) is 5.56 Å². The van der Waals surface area contributed by atoms with Crippen molar-refractivity contribution in [3.05, 3.63) is 42.2 Å². The van der Waals surface area contributed by atoms with Gasteiger partial charge >= 0.3 is 0 Å². The number of nitrogens with zero attached hydrogens (tertiary/aromatic N) is 1. The first kappa shape index (κ1) is 7.18. The largest absolute Gasteiger partial charge is 0.309 e. The zero-order chi connectivity index (χ0) is 8.39. The Balaban J connectivity index is 2.27. The summed E-state index contributed by atoms with van der Waals surface area (Å²) in [5.41, 5.74) is 8.25. The Morgan fingerprint density at radius 3 is 2.92 bits per heavy atom. The summed E-state index contributed by atoms with van der Waals surface area (Å²) in [4.78, 5) is 0. The van der Waals surface area contributed by atoms with Crippen molar-refractivity contribution in [2.45, 2.75) is 6.92 Å². The zero-order valence-corrected chi connectivity index (χ0v) is 6.91. The molecule has 1 aliphatic rings. The molecule has 0 amide bonds. The molecule has 0 fully saturated rings. The molecule has 2 rings (SSSR count). The minimum absolute atomic E-state index is 1.14. The van der Waals surface area contributed by atoms with Crippen LogP contribution in [0.15, 0.2) is 36.7 Å². The van der Waals surface area contributed by atoms with Crippen LogP contribution in [0.2, 0.25) is 0 Å². The minimum atomic E-state index is 1.14. The molecule has 1 heterocycles.